The summed E-state index contributed by atoms with van der Waals surface area (Å²) in [6.07, 6.45) is 5.95. The lowest BCUT2D eigenvalue weighted by Gasteiger charge is -2.30. The van der Waals surface area contributed by atoms with Gasteiger partial charge in [0.1, 0.15) is 0 Å². The summed E-state index contributed by atoms with van der Waals surface area (Å²) in [6.45, 7) is 2.33. The van der Waals surface area contributed by atoms with Gasteiger partial charge in [0.2, 0.25) is 0 Å². The lowest BCUT2D eigenvalue weighted by atomic mass is 9.78. The van der Waals surface area contributed by atoms with Crippen LogP contribution in [0.4, 0.5) is 0 Å². The van der Waals surface area contributed by atoms with Gasteiger partial charge in [0.05, 0.1) is 0 Å². The average Bonchev–Trinajstić information content (AvgIpc) is 2.34. The zero-order chi connectivity index (χ0) is 13.1. The van der Waals surface area contributed by atoms with Crippen LogP contribution in [-0.2, 0) is 6.42 Å². The molecule has 18 heavy (non-hydrogen) atoms. The van der Waals surface area contributed by atoms with Gasteiger partial charge in [-0.05, 0) is 54.9 Å². The first kappa shape index (κ1) is 14.2. The summed E-state index contributed by atoms with van der Waals surface area (Å²) in [6, 6.07) is 5.82. The summed E-state index contributed by atoms with van der Waals surface area (Å²) in [5.74, 6) is 1.50. The molecule has 1 unspecified atom stereocenters. The zero-order valence-corrected chi connectivity index (χ0v) is 12.3. The van der Waals surface area contributed by atoms with E-state index in [-0.39, 0.29) is 6.04 Å². The highest BCUT2D eigenvalue weighted by molar-refractivity contribution is 6.33. The van der Waals surface area contributed by atoms with Crippen molar-refractivity contribution in [2.45, 2.75) is 45.1 Å². The van der Waals surface area contributed by atoms with Gasteiger partial charge in [0, 0.05) is 16.1 Å². The first-order valence-corrected chi connectivity index (χ1v) is 7.51. The summed E-state index contributed by atoms with van der Waals surface area (Å²) >= 11 is 12.2. The normalized spacial score (nSPS) is 26.0. The fourth-order valence-corrected chi connectivity index (χ4v) is 3.22. The average molecular weight is 286 g/mol. The molecular formula is C15H21Cl2N. The fourth-order valence-electron chi connectivity index (χ4n) is 2.83. The van der Waals surface area contributed by atoms with Crippen molar-refractivity contribution in [2.75, 3.05) is 0 Å². The molecule has 1 aromatic rings. The molecule has 0 spiro atoms. The van der Waals surface area contributed by atoms with Crippen LogP contribution < -0.4 is 5.73 Å². The zero-order valence-electron chi connectivity index (χ0n) is 10.8. The predicted molar refractivity (Wildman–Crippen MR) is 79.3 cm³/mol. The van der Waals surface area contributed by atoms with Crippen LogP contribution in [0.5, 0.6) is 0 Å². The first-order chi connectivity index (χ1) is 8.56. The molecule has 1 aromatic carbocycles. The minimum Gasteiger partial charge on any atom is -0.327 e. The number of benzene rings is 1. The van der Waals surface area contributed by atoms with Gasteiger partial charge in [-0.25, -0.2) is 0 Å². The van der Waals surface area contributed by atoms with Crippen LogP contribution in [0.3, 0.4) is 0 Å². The van der Waals surface area contributed by atoms with Crippen LogP contribution in [0.1, 0.15) is 38.2 Å². The van der Waals surface area contributed by atoms with Crippen LogP contribution in [0.2, 0.25) is 10.0 Å². The van der Waals surface area contributed by atoms with Crippen molar-refractivity contribution < 1.29 is 0 Å². The Morgan fingerprint density at radius 1 is 1.22 bits per heavy atom. The second-order valence-electron chi connectivity index (χ2n) is 5.62. The molecule has 2 rings (SSSR count). The first-order valence-electron chi connectivity index (χ1n) is 6.75. The lowest BCUT2D eigenvalue weighted by Crippen LogP contribution is -2.34. The van der Waals surface area contributed by atoms with Gasteiger partial charge < -0.3 is 5.73 Å². The molecular weight excluding hydrogens is 265 g/mol. The Kier molecular flexibility index (Phi) is 4.94. The highest BCUT2D eigenvalue weighted by Gasteiger charge is 2.24. The van der Waals surface area contributed by atoms with E-state index in [9.17, 15) is 0 Å². The molecule has 1 fully saturated rings. The third-order valence-electron chi connectivity index (χ3n) is 4.13. The molecule has 1 nitrogen and oxygen atoms in total. The molecule has 1 atom stereocenters. The van der Waals surface area contributed by atoms with Crippen LogP contribution in [-0.4, -0.2) is 6.04 Å². The van der Waals surface area contributed by atoms with Gasteiger partial charge in [0.15, 0.2) is 0 Å². The van der Waals surface area contributed by atoms with E-state index in [1.165, 1.54) is 25.7 Å². The van der Waals surface area contributed by atoms with E-state index in [1.54, 1.807) is 0 Å². The van der Waals surface area contributed by atoms with Crippen LogP contribution in [0, 0.1) is 11.8 Å². The lowest BCUT2D eigenvalue weighted by molar-refractivity contribution is 0.253. The van der Waals surface area contributed by atoms with Crippen molar-refractivity contribution in [2.24, 2.45) is 17.6 Å². The van der Waals surface area contributed by atoms with Crippen LogP contribution in [0.15, 0.2) is 18.2 Å². The summed E-state index contributed by atoms with van der Waals surface area (Å²) in [7, 11) is 0. The van der Waals surface area contributed by atoms with Crippen molar-refractivity contribution in [3.63, 3.8) is 0 Å². The highest BCUT2D eigenvalue weighted by atomic mass is 35.5. The Bertz CT molecular complexity index is 397. The van der Waals surface area contributed by atoms with E-state index in [0.717, 1.165) is 27.9 Å². The molecule has 0 radical (unpaired) electrons. The molecule has 0 saturated heterocycles. The van der Waals surface area contributed by atoms with Crippen molar-refractivity contribution in [1.29, 1.82) is 0 Å². The molecule has 0 heterocycles. The Morgan fingerprint density at radius 3 is 2.56 bits per heavy atom. The maximum atomic E-state index is 6.34. The van der Waals surface area contributed by atoms with E-state index >= 15 is 0 Å². The summed E-state index contributed by atoms with van der Waals surface area (Å²) < 4.78 is 0. The SMILES string of the molecule is CC1CCC(C(N)Cc2cc(Cl)ccc2Cl)CC1. The Balaban J connectivity index is 1.98. The van der Waals surface area contributed by atoms with Crippen molar-refractivity contribution >= 4 is 23.2 Å². The molecule has 0 amide bonds. The van der Waals surface area contributed by atoms with E-state index in [1.807, 2.05) is 18.2 Å². The second kappa shape index (κ2) is 6.27. The predicted octanol–water partition coefficient (Wildman–Crippen LogP) is 4.69. The smallest absolute Gasteiger partial charge is 0.0439 e. The van der Waals surface area contributed by atoms with E-state index < -0.39 is 0 Å². The van der Waals surface area contributed by atoms with Crippen LogP contribution in [0.25, 0.3) is 0 Å². The third kappa shape index (κ3) is 3.63. The number of hydrogen-bond acceptors (Lipinski definition) is 1. The van der Waals surface area contributed by atoms with Crippen molar-refractivity contribution in [3.05, 3.63) is 33.8 Å². The van der Waals surface area contributed by atoms with E-state index in [4.69, 9.17) is 28.9 Å². The minimum absolute atomic E-state index is 0.202. The highest BCUT2D eigenvalue weighted by Crippen LogP contribution is 2.32. The van der Waals surface area contributed by atoms with Gasteiger partial charge >= 0.3 is 0 Å². The molecule has 1 aliphatic rings. The summed E-state index contributed by atoms with van der Waals surface area (Å²) in [4.78, 5) is 0. The van der Waals surface area contributed by atoms with Gasteiger partial charge in [0.25, 0.3) is 0 Å². The largest absolute Gasteiger partial charge is 0.327 e. The maximum Gasteiger partial charge on any atom is 0.0439 e. The van der Waals surface area contributed by atoms with Gasteiger partial charge in [-0.2, -0.15) is 0 Å². The fraction of sp³-hybridized carbons (Fsp3) is 0.600. The van der Waals surface area contributed by atoms with Crippen LogP contribution >= 0.6 is 23.2 Å². The molecule has 1 aliphatic carbocycles. The third-order valence-corrected chi connectivity index (χ3v) is 4.73. The standard InChI is InChI=1S/C15H21Cl2N/c1-10-2-4-11(5-3-10)15(18)9-12-8-13(16)6-7-14(12)17/h6-8,10-11,15H,2-5,9,18H2,1H3. The molecule has 100 valence electrons. The van der Waals surface area contributed by atoms with E-state index in [2.05, 4.69) is 6.92 Å². The maximum absolute atomic E-state index is 6.34. The summed E-state index contributed by atoms with van der Waals surface area (Å²) in [5, 5.41) is 1.51. The van der Waals surface area contributed by atoms with Gasteiger partial charge in [-0.15, -0.1) is 0 Å². The molecule has 1 saturated carbocycles. The number of nitrogens with two attached hydrogens (primary N) is 1. The van der Waals surface area contributed by atoms with Gasteiger partial charge in [-0.1, -0.05) is 43.0 Å². The van der Waals surface area contributed by atoms with Crippen molar-refractivity contribution in [1.82, 2.24) is 0 Å². The number of halogens is 2. The Morgan fingerprint density at radius 2 is 1.89 bits per heavy atom. The molecule has 0 bridgehead atoms. The number of hydrogen-bond donors (Lipinski definition) is 1. The van der Waals surface area contributed by atoms with Gasteiger partial charge in [-0.3, -0.25) is 0 Å². The molecule has 2 N–H and O–H groups in total. The quantitative estimate of drug-likeness (QED) is 0.857. The monoisotopic (exact) mass is 285 g/mol. The molecule has 0 aliphatic heterocycles. The molecule has 0 aromatic heterocycles. The van der Waals surface area contributed by atoms with Crippen molar-refractivity contribution in [3.8, 4) is 0 Å². The van der Waals surface area contributed by atoms with E-state index in [0.29, 0.717) is 5.92 Å². The molecule has 3 heteroatoms. The topological polar surface area (TPSA) is 26.0 Å². The second-order valence-corrected chi connectivity index (χ2v) is 6.47. The summed E-state index contributed by atoms with van der Waals surface area (Å²) in [5.41, 5.74) is 7.42. The number of rotatable bonds is 3. The Hall–Kier alpha value is -0.240. The minimum atomic E-state index is 0.202. The Labute approximate surface area is 120 Å².